The Labute approximate surface area is 103 Å². The van der Waals surface area contributed by atoms with Gasteiger partial charge in [0.2, 0.25) is 0 Å². The fraction of sp³-hybridized carbons (Fsp3) is 0.571. The first-order chi connectivity index (χ1) is 8.16. The van der Waals surface area contributed by atoms with Gasteiger partial charge in [-0.15, -0.1) is 0 Å². The Morgan fingerprint density at radius 2 is 2.29 bits per heavy atom. The van der Waals surface area contributed by atoms with Gasteiger partial charge in [-0.1, -0.05) is 13.0 Å². The summed E-state index contributed by atoms with van der Waals surface area (Å²) in [6.07, 6.45) is 1.17. The predicted molar refractivity (Wildman–Crippen MR) is 68.4 cm³/mol. The van der Waals surface area contributed by atoms with Crippen molar-refractivity contribution in [2.45, 2.75) is 32.9 Å². The quantitative estimate of drug-likeness (QED) is 0.841. The molecule has 2 N–H and O–H groups in total. The highest BCUT2D eigenvalue weighted by Crippen LogP contribution is 2.14. The lowest BCUT2D eigenvalue weighted by molar-refractivity contribution is 0.295. The van der Waals surface area contributed by atoms with E-state index in [9.17, 15) is 4.39 Å². The Morgan fingerprint density at radius 1 is 1.47 bits per heavy atom. The van der Waals surface area contributed by atoms with Crippen LogP contribution in [0.2, 0.25) is 0 Å². The fourth-order valence-electron chi connectivity index (χ4n) is 2.42. The largest absolute Gasteiger partial charge is 0.316 e. The minimum atomic E-state index is -0.151. The van der Waals surface area contributed by atoms with Crippen LogP contribution < -0.4 is 10.6 Å². The van der Waals surface area contributed by atoms with Crippen molar-refractivity contribution in [2.75, 3.05) is 13.1 Å². The molecular formula is C14H21FN2. The van der Waals surface area contributed by atoms with E-state index in [-0.39, 0.29) is 5.82 Å². The van der Waals surface area contributed by atoms with Crippen molar-refractivity contribution in [3.8, 4) is 0 Å². The molecule has 1 aromatic carbocycles. The SMILES string of the molecule is Cc1cc(F)ccc1CN[C@H]1CCNC[C@@H]1C. The van der Waals surface area contributed by atoms with Crippen molar-refractivity contribution < 1.29 is 4.39 Å². The lowest BCUT2D eigenvalue weighted by Gasteiger charge is -2.30. The minimum absolute atomic E-state index is 0.151. The van der Waals surface area contributed by atoms with Crippen molar-refractivity contribution in [3.05, 3.63) is 35.1 Å². The van der Waals surface area contributed by atoms with Gasteiger partial charge in [-0.2, -0.15) is 0 Å². The van der Waals surface area contributed by atoms with Crippen LogP contribution in [0.1, 0.15) is 24.5 Å². The summed E-state index contributed by atoms with van der Waals surface area (Å²) in [5.41, 5.74) is 2.22. The molecule has 1 fully saturated rings. The van der Waals surface area contributed by atoms with Crippen LogP contribution in [0.25, 0.3) is 0 Å². The maximum atomic E-state index is 13.0. The van der Waals surface area contributed by atoms with Gasteiger partial charge in [0.15, 0.2) is 0 Å². The topological polar surface area (TPSA) is 24.1 Å². The number of rotatable bonds is 3. The zero-order valence-electron chi connectivity index (χ0n) is 10.6. The molecule has 0 unspecified atom stereocenters. The van der Waals surface area contributed by atoms with Crippen molar-refractivity contribution in [1.29, 1.82) is 0 Å². The van der Waals surface area contributed by atoms with Crippen LogP contribution in [-0.4, -0.2) is 19.1 Å². The van der Waals surface area contributed by atoms with Gasteiger partial charge in [0.05, 0.1) is 0 Å². The molecule has 0 aliphatic carbocycles. The minimum Gasteiger partial charge on any atom is -0.316 e. The molecule has 0 saturated carbocycles. The van der Waals surface area contributed by atoms with Crippen molar-refractivity contribution in [3.63, 3.8) is 0 Å². The van der Waals surface area contributed by atoms with Gasteiger partial charge in [0, 0.05) is 12.6 Å². The van der Waals surface area contributed by atoms with Crippen LogP contribution in [0.5, 0.6) is 0 Å². The zero-order chi connectivity index (χ0) is 12.3. The first kappa shape index (κ1) is 12.5. The molecule has 0 radical (unpaired) electrons. The van der Waals surface area contributed by atoms with E-state index in [4.69, 9.17) is 0 Å². The summed E-state index contributed by atoms with van der Waals surface area (Å²) in [6, 6.07) is 5.59. The van der Waals surface area contributed by atoms with E-state index in [0.29, 0.717) is 12.0 Å². The third-order valence-electron chi connectivity index (χ3n) is 3.64. The van der Waals surface area contributed by atoms with E-state index in [0.717, 1.165) is 25.2 Å². The van der Waals surface area contributed by atoms with Gasteiger partial charge >= 0.3 is 0 Å². The van der Waals surface area contributed by atoms with Gasteiger partial charge < -0.3 is 10.6 Å². The summed E-state index contributed by atoms with van der Waals surface area (Å²) in [6.45, 7) is 7.24. The van der Waals surface area contributed by atoms with Crippen LogP contribution in [0.4, 0.5) is 4.39 Å². The first-order valence-electron chi connectivity index (χ1n) is 6.36. The first-order valence-corrected chi connectivity index (χ1v) is 6.36. The molecule has 2 nitrogen and oxygen atoms in total. The Balaban J connectivity index is 1.92. The molecule has 1 aliphatic rings. The van der Waals surface area contributed by atoms with Crippen LogP contribution in [0.15, 0.2) is 18.2 Å². The van der Waals surface area contributed by atoms with Gasteiger partial charge in [0.1, 0.15) is 5.82 Å². The maximum absolute atomic E-state index is 13.0. The maximum Gasteiger partial charge on any atom is 0.123 e. The molecule has 1 aliphatic heterocycles. The molecule has 17 heavy (non-hydrogen) atoms. The summed E-state index contributed by atoms with van der Waals surface area (Å²) in [5, 5.41) is 6.98. The van der Waals surface area contributed by atoms with Crippen LogP contribution in [0.3, 0.4) is 0 Å². The summed E-state index contributed by atoms with van der Waals surface area (Å²) < 4.78 is 13.0. The predicted octanol–water partition coefficient (Wildman–Crippen LogP) is 2.22. The van der Waals surface area contributed by atoms with E-state index in [1.807, 2.05) is 13.0 Å². The monoisotopic (exact) mass is 236 g/mol. The van der Waals surface area contributed by atoms with Crippen molar-refractivity contribution in [1.82, 2.24) is 10.6 Å². The van der Waals surface area contributed by atoms with Crippen molar-refractivity contribution in [2.24, 2.45) is 5.92 Å². The summed E-state index contributed by atoms with van der Waals surface area (Å²) in [4.78, 5) is 0. The van der Waals surface area contributed by atoms with Crippen LogP contribution in [0, 0.1) is 18.7 Å². The molecule has 1 aromatic rings. The Bertz CT molecular complexity index is 378. The van der Waals surface area contributed by atoms with Gasteiger partial charge in [-0.25, -0.2) is 4.39 Å². The number of halogens is 1. The molecule has 1 heterocycles. The third kappa shape index (κ3) is 3.27. The van der Waals surface area contributed by atoms with Crippen LogP contribution in [-0.2, 0) is 6.54 Å². The average Bonchev–Trinajstić information content (AvgIpc) is 2.30. The number of aryl methyl sites for hydroxylation is 1. The third-order valence-corrected chi connectivity index (χ3v) is 3.64. The van der Waals surface area contributed by atoms with Gasteiger partial charge in [0.25, 0.3) is 0 Å². The smallest absolute Gasteiger partial charge is 0.123 e. The van der Waals surface area contributed by atoms with Gasteiger partial charge in [-0.3, -0.25) is 0 Å². The average molecular weight is 236 g/mol. The van der Waals surface area contributed by atoms with Crippen molar-refractivity contribution >= 4 is 0 Å². The summed E-state index contributed by atoms with van der Waals surface area (Å²) in [5.74, 6) is 0.506. The van der Waals surface area contributed by atoms with Gasteiger partial charge in [-0.05, 0) is 55.6 Å². The molecule has 0 aromatic heterocycles. The van der Waals surface area contributed by atoms with E-state index in [2.05, 4.69) is 17.6 Å². The number of nitrogens with one attached hydrogen (secondary N) is 2. The standard InChI is InChI=1S/C14H21FN2/c1-10-7-13(15)4-3-12(10)9-17-14-5-6-16-8-11(14)2/h3-4,7,11,14,16-17H,5-6,8-9H2,1-2H3/t11-,14-/m0/s1. The normalized spacial score (nSPS) is 24.9. The molecule has 1 saturated heterocycles. The lowest BCUT2D eigenvalue weighted by Crippen LogP contribution is -2.46. The summed E-state index contributed by atoms with van der Waals surface area (Å²) >= 11 is 0. The number of piperidine rings is 1. The number of benzene rings is 1. The molecule has 2 atom stereocenters. The molecule has 0 spiro atoms. The number of hydrogen-bond acceptors (Lipinski definition) is 2. The van der Waals surface area contributed by atoms with Crippen LogP contribution >= 0.6 is 0 Å². The molecule has 94 valence electrons. The summed E-state index contributed by atoms with van der Waals surface area (Å²) in [7, 11) is 0. The highest BCUT2D eigenvalue weighted by atomic mass is 19.1. The molecule has 0 bridgehead atoms. The second kappa shape index (κ2) is 5.61. The molecule has 2 rings (SSSR count). The van der Waals surface area contributed by atoms with E-state index >= 15 is 0 Å². The Morgan fingerprint density at radius 3 is 3.00 bits per heavy atom. The van der Waals surface area contributed by atoms with E-state index in [1.165, 1.54) is 18.1 Å². The second-order valence-corrected chi connectivity index (χ2v) is 5.03. The van der Waals surface area contributed by atoms with E-state index < -0.39 is 0 Å². The lowest BCUT2D eigenvalue weighted by atomic mass is 9.95. The Hall–Kier alpha value is -0.930. The highest BCUT2D eigenvalue weighted by Gasteiger charge is 2.20. The Kier molecular flexibility index (Phi) is 4.13. The fourth-order valence-corrected chi connectivity index (χ4v) is 2.42. The molecular weight excluding hydrogens is 215 g/mol. The highest BCUT2D eigenvalue weighted by molar-refractivity contribution is 5.26. The van der Waals surface area contributed by atoms with E-state index in [1.54, 1.807) is 6.07 Å². The molecule has 3 heteroatoms. The second-order valence-electron chi connectivity index (χ2n) is 5.03. The molecule has 0 amide bonds. The number of hydrogen-bond donors (Lipinski definition) is 2. The zero-order valence-corrected chi connectivity index (χ0v) is 10.6.